The number of hydrogen-bond donors (Lipinski definition) is 0. The summed E-state index contributed by atoms with van der Waals surface area (Å²) in [4.78, 5) is 20.8. The van der Waals surface area contributed by atoms with E-state index >= 15 is 0 Å². The number of amides is 1. The number of piperazine rings is 1. The minimum atomic E-state index is -3.35. The maximum atomic E-state index is 12.5. The van der Waals surface area contributed by atoms with Crippen molar-refractivity contribution in [3.05, 3.63) is 24.4 Å². The molecule has 0 saturated carbocycles. The van der Waals surface area contributed by atoms with Gasteiger partial charge in [-0.3, -0.25) is 4.79 Å². The molecule has 0 atom stereocenters. The van der Waals surface area contributed by atoms with Crippen molar-refractivity contribution in [2.24, 2.45) is 0 Å². The van der Waals surface area contributed by atoms with Crippen LogP contribution >= 0.6 is 0 Å². The van der Waals surface area contributed by atoms with Gasteiger partial charge in [-0.2, -0.15) is 4.31 Å². The van der Waals surface area contributed by atoms with Crippen LogP contribution in [-0.4, -0.2) is 73.0 Å². The van der Waals surface area contributed by atoms with Crippen LogP contribution in [0.2, 0.25) is 0 Å². The zero-order chi connectivity index (χ0) is 18.7. The van der Waals surface area contributed by atoms with Crippen LogP contribution in [0, 0.1) is 0 Å². The lowest BCUT2D eigenvalue weighted by Gasteiger charge is -2.37. The third-order valence-corrected chi connectivity index (χ3v) is 5.81. The largest absolute Gasteiger partial charge is 0.353 e. The van der Waals surface area contributed by atoms with E-state index in [2.05, 4.69) is 9.88 Å². The molecule has 0 aliphatic carbocycles. The summed E-state index contributed by atoms with van der Waals surface area (Å²) in [5, 5.41) is 0. The molecule has 140 valence electrons. The maximum absolute atomic E-state index is 12.5. The number of anilines is 1. The van der Waals surface area contributed by atoms with Crippen molar-refractivity contribution < 1.29 is 13.2 Å². The van der Waals surface area contributed by atoms with Crippen LogP contribution < -0.4 is 4.90 Å². The normalized spacial score (nSPS) is 16.4. The lowest BCUT2D eigenvalue weighted by atomic mass is 10.1. The molecule has 1 aliphatic heterocycles. The maximum Gasteiger partial charge on any atom is 0.224 e. The van der Waals surface area contributed by atoms with E-state index in [0.717, 1.165) is 18.9 Å². The van der Waals surface area contributed by atoms with Crippen LogP contribution in [0.3, 0.4) is 0 Å². The molecule has 1 aromatic heterocycles. The number of rotatable bonds is 5. The van der Waals surface area contributed by atoms with Crippen LogP contribution in [0.1, 0.15) is 27.2 Å². The van der Waals surface area contributed by atoms with Crippen LogP contribution in [0.5, 0.6) is 0 Å². The summed E-state index contributed by atoms with van der Waals surface area (Å²) >= 11 is 0. The number of pyridine rings is 1. The predicted octanol–water partition coefficient (Wildman–Crippen LogP) is 1.18. The molecule has 0 bridgehead atoms. The Kier molecular flexibility index (Phi) is 6.05. The van der Waals surface area contributed by atoms with Gasteiger partial charge in [-0.05, 0) is 32.9 Å². The van der Waals surface area contributed by atoms with Gasteiger partial charge in [0.15, 0.2) is 0 Å². The first-order valence-electron chi connectivity index (χ1n) is 8.50. The second kappa shape index (κ2) is 7.70. The van der Waals surface area contributed by atoms with Gasteiger partial charge in [0.1, 0.15) is 5.82 Å². The fraction of sp³-hybridized carbons (Fsp3) is 0.647. The van der Waals surface area contributed by atoms with Crippen molar-refractivity contribution in [1.29, 1.82) is 0 Å². The van der Waals surface area contributed by atoms with Gasteiger partial charge in [0.25, 0.3) is 0 Å². The van der Waals surface area contributed by atoms with Crippen molar-refractivity contribution in [3.8, 4) is 0 Å². The monoisotopic (exact) mass is 368 g/mol. The number of nitrogens with zero attached hydrogens (tertiary/aromatic N) is 4. The van der Waals surface area contributed by atoms with E-state index in [4.69, 9.17) is 0 Å². The molecule has 0 unspecified atom stereocenters. The van der Waals surface area contributed by atoms with Crippen LogP contribution in [-0.2, 0) is 14.8 Å². The summed E-state index contributed by atoms with van der Waals surface area (Å²) in [6, 6.07) is 5.79. The SMILES string of the molecule is CC(C)(C)N(CCC(=O)N1CCN(c2ccccn2)CC1)S(C)(=O)=O. The number of carbonyl (C=O) groups excluding carboxylic acids is 1. The molecule has 1 fully saturated rings. The molecule has 1 aliphatic rings. The van der Waals surface area contributed by atoms with Crippen LogP contribution in [0.25, 0.3) is 0 Å². The van der Waals surface area contributed by atoms with Gasteiger partial charge in [0.2, 0.25) is 15.9 Å². The number of carbonyl (C=O) groups is 1. The third-order valence-electron chi connectivity index (χ3n) is 4.28. The van der Waals surface area contributed by atoms with Gasteiger partial charge < -0.3 is 9.80 Å². The summed E-state index contributed by atoms with van der Waals surface area (Å²) in [5.74, 6) is 0.921. The summed E-state index contributed by atoms with van der Waals surface area (Å²) in [5.41, 5.74) is -0.536. The molecule has 25 heavy (non-hydrogen) atoms. The summed E-state index contributed by atoms with van der Waals surface area (Å²) < 4.78 is 25.3. The first kappa shape index (κ1) is 19.7. The van der Waals surface area contributed by atoms with E-state index in [9.17, 15) is 13.2 Å². The van der Waals surface area contributed by atoms with E-state index in [1.807, 2.05) is 43.9 Å². The molecule has 2 heterocycles. The Labute approximate surface area is 150 Å². The third kappa shape index (κ3) is 5.40. The number of aromatic nitrogens is 1. The number of sulfonamides is 1. The highest BCUT2D eigenvalue weighted by molar-refractivity contribution is 7.88. The second-order valence-corrected chi connectivity index (χ2v) is 9.22. The Morgan fingerprint density at radius 1 is 1.20 bits per heavy atom. The molecule has 2 rings (SSSR count). The van der Waals surface area contributed by atoms with E-state index in [-0.39, 0.29) is 18.9 Å². The van der Waals surface area contributed by atoms with E-state index in [0.29, 0.717) is 13.1 Å². The zero-order valence-corrected chi connectivity index (χ0v) is 16.3. The predicted molar refractivity (Wildman–Crippen MR) is 98.9 cm³/mol. The highest BCUT2D eigenvalue weighted by Gasteiger charge is 2.30. The van der Waals surface area contributed by atoms with Gasteiger partial charge in [-0.1, -0.05) is 6.07 Å². The summed E-state index contributed by atoms with van der Waals surface area (Å²) in [6.45, 7) is 8.45. The smallest absolute Gasteiger partial charge is 0.224 e. The molecule has 1 aromatic rings. The lowest BCUT2D eigenvalue weighted by molar-refractivity contribution is -0.131. The van der Waals surface area contributed by atoms with Crippen LogP contribution in [0.4, 0.5) is 5.82 Å². The Morgan fingerprint density at radius 3 is 2.32 bits per heavy atom. The molecule has 1 amide bonds. The average Bonchev–Trinajstić information content (AvgIpc) is 2.53. The van der Waals surface area contributed by atoms with Crippen molar-refractivity contribution in [2.45, 2.75) is 32.7 Å². The molecule has 1 saturated heterocycles. The highest BCUT2D eigenvalue weighted by Crippen LogP contribution is 2.18. The van der Waals surface area contributed by atoms with Crippen molar-refractivity contribution in [2.75, 3.05) is 43.9 Å². The van der Waals surface area contributed by atoms with Crippen molar-refractivity contribution in [1.82, 2.24) is 14.2 Å². The van der Waals surface area contributed by atoms with E-state index in [1.54, 1.807) is 6.20 Å². The second-order valence-electron chi connectivity index (χ2n) is 7.31. The first-order chi connectivity index (χ1) is 11.6. The molecule has 0 N–H and O–H groups in total. The molecule has 7 nitrogen and oxygen atoms in total. The minimum absolute atomic E-state index is 0.00132. The Hall–Kier alpha value is -1.67. The molecular weight excluding hydrogens is 340 g/mol. The molecule has 8 heteroatoms. The van der Waals surface area contributed by atoms with Crippen LogP contribution in [0.15, 0.2) is 24.4 Å². The topological polar surface area (TPSA) is 73.8 Å². The van der Waals surface area contributed by atoms with Gasteiger partial charge >= 0.3 is 0 Å². The van der Waals surface area contributed by atoms with E-state index < -0.39 is 15.6 Å². The highest BCUT2D eigenvalue weighted by atomic mass is 32.2. The molecule has 0 radical (unpaired) electrons. The fourth-order valence-electron chi connectivity index (χ4n) is 3.08. The van der Waals surface area contributed by atoms with E-state index in [1.165, 1.54) is 10.6 Å². The Morgan fingerprint density at radius 2 is 1.84 bits per heavy atom. The standard InChI is InChI=1S/C17H28N4O3S/c1-17(2,3)21(25(4,23)24)10-8-16(22)20-13-11-19(12-14-20)15-7-5-6-9-18-15/h5-7,9H,8,10-14H2,1-4H3. The molecular formula is C17H28N4O3S. The van der Waals surface area contributed by atoms with Gasteiger partial charge in [0, 0.05) is 50.9 Å². The number of hydrogen-bond acceptors (Lipinski definition) is 5. The molecule has 0 aromatic carbocycles. The lowest BCUT2D eigenvalue weighted by Crippen LogP contribution is -2.51. The van der Waals surface area contributed by atoms with Crippen molar-refractivity contribution in [3.63, 3.8) is 0 Å². The van der Waals surface area contributed by atoms with Gasteiger partial charge in [-0.25, -0.2) is 13.4 Å². The first-order valence-corrected chi connectivity index (χ1v) is 10.4. The summed E-state index contributed by atoms with van der Waals surface area (Å²) in [7, 11) is -3.35. The average molecular weight is 369 g/mol. The Bertz CT molecular complexity index is 678. The quantitative estimate of drug-likeness (QED) is 0.780. The fourth-order valence-corrected chi connectivity index (χ4v) is 4.50. The minimum Gasteiger partial charge on any atom is -0.353 e. The van der Waals surface area contributed by atoms with Gasteiger partial charge in [0.05, 0.1) is 6.26 Å². The zero-order valence-electron chi connectivity index (χ0n) is 15.5. The van der Waals surface area contributed by atoms with Gasteiger partial charge in [-0.15, -0.1) is 0 Å². The Balaban J connectivity index is 1.88. The summed E-state index contributed by atoms with van der Waals surface area (Å²) in [6.07, 6.45) is 3.15. The van der Waals surface area contributed by atoms with Crippen molar-refractivity contribution >= 4 is 21.7 Å². The molecule has 0 spiro atoms.